The zero-order valence-electron chi connectivity index (χ0n) is 10.5. The molecule has 0 spiro atoms. The molecular formula is C13H19FN2O. The first-order chi connectivity index (χ1) is 8.04. The molecule has 0 aliphatic rings. The van der Waals surface area contributed by atoms with Crippen LogP contribution in [-0.4, -0.2) is 19.0 Å². The van der Waals surface area contributed by atoms with Gasteiger partial charge in [0.25, 0.3) is 0 Å². The number of para-hydroxylation sites is 1. The van der Waals surface area contributed by atoms with Gasteiger partial charge in [-0.1, -0.05) is 12.1 Å². The molecule has 1 atom stereocenters. The summed E-state index contributed by atoms with van der Waals surface area (Å²) in [5.74, 6) is -0.632. The topological polar surface area (TPSA) is 41.1 Å². The number of benzene rings is 1. The fourth-order valence-corrected chi connectivity index (χ4v) is 1.61. The summed E-state index contributed by atoms with van der Waals surface area (Å²) in [6.45, 7) is 3.45. The molecule has 2 N–H and O–H groups in total. The van der Waals surface area contributed by atoms with Crippen LogP contribution in [-0.2, 0) is 11.2 Å². The highest BCUT2D eigenvalue weighted by molar-refractivity contribution is 5.89. The second-order valence-corrected chi connectivity index (χ2v) is 4.18. The lowest BCUT2D eigenvalue weighted by Gasteiger charge is -2.13. The molecular weight excluding hydrogens is 219 g/mol. The van der Waals surface area contributed by atoms with Gasteiger partial charge in [-0.2, -0.15) is 0 Å². The highest BCUT2D eigenvalue weighted by atomic mass is 19.1. The van der Waals surface area contributed by atoms with Crippen molar-refractivity contribution in [1.29, 1.82) is 0 Å². The van der Waals surface area contributed by atoms with Gasteiger partial charge in [-0.3, -0.25) is 4.79 Å². The average molecular weight is 238 g/mol. The fraction of sp³-hybridized carbons (Fsp3) is 0.462. The number of anilines is 1. The van der Waals surface area contributed by atoms with E-state index in [4.69, 9.17) is 0 Å². The molecule has 1 unspecified atom stereocenters. The van der Waals surface area contributed by atoms with Crippen LogP contribution in [0.4, 0.5) is 10.1 Å². The Balaban J connectivity index is 2.82. The van der Waals surface area contributed by atoms with Crippen LogP contribution in [0.2, 0.25) is 0 Å². The van der Waals surface area contributed by atoms with Crippen molar-refractivity contribution >= 4 is 11.6 Å². The number of amides is 1. The summed E-state index contributed by atoms with van der Waals surface area (Å²) in [5, 5.41) is 5.68. The van der Waals surface area contributed by atoms with E-state index in [1.54, 1.807) is 6.07 Å². The van der Waals surface area contributed by atoms with E-state index >= 15 is 0 Å². The maximum Gasteiger partial charge on any atom is 0.221 e. The highest BCUT2D eigenvalue weighted by Gasteiger charge is 2.10. The number of nitrogens with one attached hydrogen (secondary N) is 2. The van der Waals surface area contributed by atoms with Crippen molar-refractivity contribution in [3.05, 3.63) is 29.6 Å². The zero-order valence-corrected chi connectivity index (χ0v) is 10.5. The molecule has 1 aromatic carbocycles. The molecule has 0 fully saturated rings. The maximum atomic E-state index is 13.6. The summed E-state index contributed by atoms with van der Waals surface area (Å²) in [7, 11) is 1.89. The summed E-state index contributed by atoms with van der Waals surface area (Å²) in [6, 6.07) is 5.23. The Hall–Kier alpha value is -1.42. The van der Waals surface area contributed by atoms with Crippen LogP contribution in [0.3, 0.4) is 0 Å². The third-order valence-corrected chi connectivity index (χ3v) is 2.74. The molecule has 0 radical (unpaired) electrons. The quantitative estimate of drug-likeness (QED) is 0.826. The van der Waals surface area contributed by atoms with E-state index in [2.05, 4.69) is 17.6 Å². The number of hydrogen-bond donors (Lipinski definition) is 2. The Bertz CT molecular complexity index is 393. The van der Waals surface area contributed by atoms with E-state index < -0.39 is 0 Å². The normalized spacial score (nSPS) is 12.2. The number of halogens is 1. The molecule has 1 amide bonds. The predicted octanol–water partition coefficient (Wildman–Crippen LogP) is 2.32. The smallest absolute Gasteiger partial charge is 0.221 e. The molecule has 1 aromatic rings. The SMILES string of the molecule is CNC(C)CCc1cccc(F)c1NC(C)=O. The molecule has 4 heteroatoms. The first kappa shape index (κ1) is 13.6. The molecule has 94 valence electrons. The van der Waals surface area contributed by atoms with E-state index in [0.29, 0.717) is 11.7 Å². The van der Waals surface area contributed by atoms with Crippen molar-refractivity contribution < 1.29 is 9.18 Å². The van der Waals surface area contributed by atoms with Crippen LogP contribution in [0.25, 0.3) is 0 Å². The molecule has 0 aliphatic heterocycles. The lowest BCUT2D eigenvalue weighted by Crippen LogP contribution is -2.22. The Morgan fingerprint density at radius 3 is 2.76 bits per heavy atom. The predicted molar refractivity (Wildman–Crippen MR) is 67.5 cm³/mol. The van der Waals surface area contributed by atoms with Gasteiger partial charge in [0.2, 0.25) is 5.91 Å². The van der Waals surface area contributed by atoms with Crippen molar-refractivity contribution in [2.75, 3.05) is 12.4 Å². The van der Waals surface area contributed by atoms with E-state index in [-0.39, 0.29) is 11.7 Å². The van der Waals surface area contributed by atoms with Gasteiger partial charge in [-0.05, 0) is 38.4 Å². The Labute approximate surface area is 101 Å². The molecule has 3 nitrogen and oxygen atoms in total. The van der Waals surface area contributed by atoms with Gasteiger partial charge in [-0.15, -0.1) is 0 Å². The lowest BCUT2D eigenvalue weighted by atomic mass is 10.0. The summed E-state index contributed by atoms with van der Waals surface area (Å²) in [6.07, 6.45) is 1.63. The summed E-state index contributed by atoms with van der Waals surface area (Å²) >= 11 is 0. The van der Waals surface area contributed by atoms with Crippen molar-refractivity contribution in [2.45, 2.75) is 32.7 Å². The van der Waals surface area contributed by atoms with Gasteiger partial charge in [-0.25, -0.2) is 4.39 Å². The Morgan fingerprint density at radius 2 is 2.18 bits per heavy atom. The fourth-order valence-electron chi connectivity index (χ4n) is 1.61. The molecule has 0 saturated heterocycles. The third-order valence-electron chi connectivity index (χ3n) is 2.74. The van der Waals surface area contributed by atoms with Crippen molar-refractivity contribution in [2.24, 2.45) is 0 Å². The highest BCUT2D eigenvalue weighted by Crippen LogP contribution is 2.21. The van der Waals surface area contributed by atoms with Crippen LogP contribution in [0, 0.1) is 5.82 Å². The van der Waals surface area contributed by atoms with Crippen LogP contribution >= 0.6 is 0 Å². The van der Waals surface area contributed by atoms with E-state index in [9.17, 15) is 9.18 Å². The van der Waals surface area contributed by atoms with Crippen LogP contribution in [0.5, 0.6) is 0 Å². The molecule has 0 aromatic heterocycles. The molecule has 0 heterocycles. The second kappa shape index (κ2) is 6.35. The minimum absolute atomic E-state index is 0.252. The van der Waals surface area contributed by atoms with Gasteiger partial charge >= 0.3 is 0 Å². The van der Waals surface area contributed by atoms with Crippen molar-refractivity contribution in [3.63, 3.8) is 0 Å². The first-order valence-electron chi connectivity index (χ1n) is 5.76. The first-order valence-corrected chi connectivity index (χ1v) is 5.76. The number of rotatable bonds is 5. The number of aryl methyl sites for hydroxylation is 1. The zero-order chi connectivity index (χ0) is 12.8. The van der Waals surface area contributed by atoms with E-state index in [1.807, 2.05) is 13.1 Å². The molecule has 0 saturated carbocycles. The van der Waals surface area contributed by atoms with Crippen molar-refractivity contribution in [1.82, 2.24) is 5.32 Å². The van der Waals surface area contributed by atoms with Crippen molar-refractivity contribution in [3.8, 4) is 0 Å². The van der Waals surface area contributed by atoms with Gasteiger partial charge in [0.1, 0.15) is 5.82 Å². The molecule has 0 bridgehead atoms. The van der Waals surface area contributed by atoms with E-state index in [1.165, 1.54) is 13.0 Å². The summed E-state index contributed by atoms with van der Waals surface area (Å²) in [4.78, 5) is 11.0. The lowest BCUT2D eigenvalue weighted by molar-refractivity contribution is -0.114. The van der Waals surface area contributed by atoms with Crippen LogP contribution in [0.15, 0.2) is 18.2 Å². The number of carbonyl (C=O) groups excluding carboxylic acids is 1. The van der Waals surface area contributed by atoms with Crippen LogP contribution in [0.1, 0.15) is 25.8 Å². The monoisotopic (exact) mass is 238 g/mol. The van der Waals surface area contributed by atoms with Gasteiger partial charge in [0.05, 0.1) is 5.69 Å². The van der Waals surface area contributed by atoms with Gasteiger partial charge < -0.3 is 10.6 Å². The molecule has 1 rings (SSSR count). The van der Waals surface area contributed by atoms with Crippen LogP contribution < -0.4 is 10.6 Å². The second-order valence-electron chi connectivity index (χ2n) is 4.18. The van der Waals surface area contributed by atoms with E-state index in [0.717, 1.165) is 18.4 Å². The minimum atomic E-state index is -0.380. The molecule has 0 aliphatic carbocycles. The Morgan fingerprint density at radius 1 is 1.47 bits per heavy atom. The minimum Gasteiger partial charge on any atom is -0.324 e. The largest absolute Gasteiger partial charge is 0.324 e. The average Bonchev–Trinajstić information content (AvgIpc) is 2.29. The maximum absolute atomic E-state index is 13.6. The van der Waals surface area contributed by atoms with Gasteiger partial charge in [0, 0.05) is 13.0 Å². The number of hydrogen-bond acceptors (Lipinski definition) is 2. The Kier molecular flexibility index (Phi) is 5.10. The standard InChI is InChI=1S/C13H19FN2O/c1-9(15-3)7-8-11-5-4-6-12(14)13(11)16-10(2)17/h4-6,9,15H,7-8H2,1-3H3,(H,16,17). The number of carbonyl (C=O) groups is 1. The third kappa shape index (κ3) is 4.15. The molecule has 17 heavy (non-hydrogen) atoms. The summed E-state index contributed by atoms with van der Waals surface area (Å²) in [5.41, 5.74) is 1.14. The summed E-state index contributed by atoms with van der Waals surface area (Å²) < 4.78 is 13.6. The van der Waals surface area contributed by atoms with Gasteiger partial charge in [0.15, 0.2) is 0 Å².